The summed E-state index contributed by atoms with van der Waals surface area (Å²) in [6, 6.07) is 7.32. The van der Waals surface area contributed by atoms with E-state index < -0.39 is 26.7 Å². The van der Waals surface area contributed by atoms with E-state index >= 15 is 0 Å². The molecular weight excluding hydrogens is 340 g/mol. The summed E-state index contributed by atoms with van der Waals surface area (Å²) in [6.07, 6.45) is 0. The van der Waals surface area contributed by atoms with Crippen molar-refractivity contribution in [3.05, 3.63) is 42.0 Å². The molecule has 0 aromatic heterocycles. The highest BCUT2D eigenvalue weighted by atomic mass is 32.2. The molecule has 0 saturated heterocycles. The Morgan fingerprint density at radius 3 is 2.21 bits per heavy atom. The number of carbonyl (C=O) groups is 1. The van der Waals surface area contributed by atoms with Gasteiger partial charge in [0, 0.05) is 0 Å². The monoisotopic (exact) mass is 352 g/mol. The Hall–Kier alpha value is -2.98. The molecule has 24 heavy (non-hydrogen) atoms. The molecule has 10 heteroatoms. The van der Waals surface area contributed by atoms with Crippen molar-refractivity contribution in [2.75, 3.05) is 7.11 Å². The molecule has 126 valence electrons. The predicted molar refractivity (Wildman–Crippen MR) is 82.1 cm³/mol. The maximum Gasteiger partial charge on any atom is 0.339 e. The Balaban J connectivity index is 2.40. The van der Waals surface area contributed by atoms with E-state index in [0.29, 0.717) is 0 Å². The number of hydrogen-bond donors (Lipinski definition) is 3. The number of benzene rings is 2. The molecular formula is C14H12N2O7S. The van der Waals surface area contributed by atoms with Crippen LogP contribution in [-0.4, -0.2) is 36.3 Å². The first-order valence-corrected chi connectivity index (χ1v) is 7.80. The second-order valence-electron chi connectivity index (χ2n) is 4.52. The summed E-state index contributed by atoms with van der Waals surface area (Å²) in [6.45, 7) is 0. The molecule has 0 radical (unpaired) electrons. The smallest absolute Gasteiger partial charge is 0.339 e. The zero-order chi connectivity index (χ0) is 17.9. The fraction of sp³-hybridized carbons (Fsp3) is 0.0714. The normalized spacial score (nSPS) is 11.6. The molecule has 0 fully saturated rings. The summed E-state index contributed by atoms with van der Waals surface area (Å²) in [5.74, 6) is -1.81. The number of aromatic hydroxyl groups is 1. The van der Waals surface area contributed by atoms with Crippen LogP contribution < -0.4 is 4.74 Å². The number of aromatic carboxylic acids is 1. The van der Waals surface area contributed by atoms with Crippen molar-refractivity contribution in [2.45, 2.75) is 4.90 Å². The molecule has 2 aromatic carbocycles. The zero-order valence-electron chi connectivity index (χ0n) is 12.2. The topological polar surface area (TPSA) is 146 Å². The minimum Gasteiger partial charge on any atom is -0.507 e. The average molecular weight is 352 g/mol. The molecule has 3 N–H and O–H groups in total. The number of carboxylic acids is 1. The largest absolute Gasteiger partial charge is 0.507 e. The SMILES string of the molecule is COc1ccc(N=Nc2ccc(O)c(C(=O)O)c2)cc1S(=O)(=O)O. The summed E-state index contributed by atoms with van der Waals surface area (Å²) in [5, 5.41) is 25.9. The highest BCUT2D eigenvalue weighted by Gasteiger charge is 2.17. The quantitative estimate of drug-likeness (QED) is 0.554. The van der Waals surface area contributed by atoms with Gasteiger partial charge < -0.3 is 14.9 Å². The molecule has 0 saturated carbocycles. The number of phenols is 1. The minimum atomic E-state index is -4.51. The van der Waals surface area contributed by atoms with Crippen LogP contribution in [0.4, 0.5) is 11.4 Å². The van der Waals surface area contributed by atoms with Gasteiger partial charge in [0.15, 0.2) is 0 Å². The van der Waals surface area contributed by atoms with E-state index in [1.807, 2.05) is 0 Å². The van der Waals surface area contributed by atoms with E-state index in [1.165, 1.54) is 25.3 Å². The van der Waals surface area contributed by atoms with Crippen molar-refractivity contribution in [3.8, 4) is 11.5 Å². The lowest BCUT2D eigenvalue weighted by Gasteiger charge is -2.06. The average Bonchev–Trinajstić information content (AvgIpc) is 2.52. The Kier molecular flexibility index (Phi) is 4.81. The van der Waals surface area contributed by atoms with Crippen LogP contribution >= 0.6 is 0 Å². The second-order valence-corrected chi connectivity index (χ2v) is 5.91. The summed E-state index contributed by atoms with van der Waals surface area (Å²) < 4.78 is 36.6. The molecule has 0 bridgehead atoms. The van der Waals surface area contributed by atoms with Crippen molar-refractivity contribution in [2.24, 2.45) is 10.2 Å². The van der Waals surface area contributed by atoms with Crippen LogP contribution in [0.1, 0.15) is 10.4 Å². The third-order valence-electron chi connectivity index (χ3n) is 2.92. The molecule has 0 aliphatic heterocycles. The molecule has 0 unspecified atom stereocenters. The van der Waals surface area contributed by atoms with Gasteiger partial charge in [-0.25, -0.2) is 4.79 Å². The van der Waals surface area contributed by atoms with E-state index in [4.69, 9.17) is 14.4 Å². The predicted octanol–water partition coefficient (Wildman–Crippen LogP) is 2.76. The van der Waals surface area contributed by atoms with Crippen LogP contribution in [0.5, 0.6) is 11.5 Å². The molecule has 2 rings (SSSR count). The van der Waals surface area contributed by atoms with Gasteiger partial charge in [-0.2, -0.15) is 18.6 Å². The zero-order valence-corrected chi connectivity index (χ0v) is 13.1. The molecule has 9 nitrogen and oxygen atoms in total. The van der Waals surface area contributed by atoms with E-state index in [-0.39, 0.29) is 22.7 Å². The summed E-state index contributed by atoms with van der Waals surface area (Å²) in [7, 11) is -3.27. The summed E-state index contributed by atoms with van der Waals surface area (Å²) in [4.78, 5) is 10.5. The molecule has 0 aliphatic carbocycles. The van der Waals surface area contributed by atoms with Crippen LogP contribution in [0, 0.1) is 0 Å². The molecule has 0 aliphatic rings. The molecule has 0 atom stereocenters. The van der Waals surface area contributed by atoms with Gasteiger partial charge in [0.2, 0.25) is 0 Å². The van der Waals surface area contributed by atoms with E-state index in [1.54, 1.807) is 0 Å². The number of ether oxygens (including phenoxy) is 1. The number of hydrogen-bond acceptors (Lipinski definition) is 7. The standard InChI is InChI=1S/C14H12N2O7S/c1-23-12-5-3-9(7-13(12)24(20,21)22)16-15-8-2-4-11(17)10(6-8)14(18)19/h2-7,17H,1H3,(H,18,19)(H,20,21,22). The maximum atomic E-state index is 11.3. The van der Waals surface area contributed by atoms with Gasteiger partial charge in [-0.05, 0) is 36.4 Å². The van der Waals surface area contributed by atoms with E-state index in [2.05, 4.69) is 10.2 Å². The Morgan fingerprint density at radius 1 is 1.08 bits per heavy atom. The first-order chi connectivity index (χ1) is 11.2. The Bertz CT molecular complexity index is 923. The van der Waals surface area contributed by atoms with Crippen molar-refractivity contribution >= 4 is 27.5 Å². The molecule has 2 aromatic rings. The maximum absolute atomic E-state index is 11.3. The van der Waals surface area contributed by atoms with Crippen LogP contribution in [0.25, 0.3) is 0 Å². The van der Waals surface area contributed by atoms with Crippen LogP contribution in [0.2, 0.25) is 0 Å². The second kappa shape index (κ2) is 6.64. The molecule has 0 heterocycles. The lowest BCUT2D eigenvalue weighted by molar-refractivity contribution is 0.0693. The Labute approximate surface area is 136 Å². The number of methoxy groups -OCH3 is 1. The van der Waals surface area contributed by atoms with E-state index in [0.717, 1.165) is 18.2 Å². The molecule has 0 spiro atoms. The van der Waals surface area contributed by atoms with Gasteiger partial charge in [0.1, 0.15) is 22.0 Å². The Morgan fingerprint density at radius 2 is 1.67 bits per heavy atom. The number of azo groups is 1. The number of rotatable bonds is 5. The summed E-state index contributed by atoms with van der Waals surface area (Å²) in [5.41, 5.74) is -0.123. The van der Waals surface area contributed by atoms with Crippen LogP contribution in [0.15, 0.2) is 51.5 Å². The van der Waals surface area contributed by atoms with Gasteiger partial charge in [0.25, 0.3) is 10.1 Å². The number of carboxylic acid groups (broad SMARTS) is 1. The minimum absolute atomic E-state index is 0.0609. The van der Waals surface area contributed by atoms with Gasteiger partial charge in [-0.15, -0.1) is 0 Å². The lowest BCUT2D eigenvalue weighted by atomic mass is 10.2. The van der Waals surface area contributed by atoms with Gasteiger partial charge in [0.05, 0.1) is 18.5 Å². The van der Waals surface area contributed by atoms with Crippen LogP contribution in [0.3, 0.4) is 0 Å². The summed E-state index contributed by atoms with van der Waals surface area (Å²) >= 11 is 0. The lowest BCUT2D eigenvalue weighted by Crippen LogP contribution is -2.00. The highest BCUT2D eigenvalue weighted by molar-refractivity contribution is 7.86. The number of nitrogens with zero attached hydrogens (tertiary/aromatic N) is 2. The van der Waals surface area contributed by atoms with Crippen molar-refractivity contribution < 1.29 is 32.7 Å². The van der Waals surface area contributed by atoms with E-state index in [9.17, 15) is 18.3 Å². The van der Waals surface area contributed by atoms with Crippen molar-refractivity contribution in [1.82, 2.24) is 0 Å². The van der Waals surface area contributed by atoms with Gasteiger partial charge in [-0.1, -0.05) is 0 Å². The highest BCUT2D eigenvalue weighted by Crippen LogP contribution is 2.30. The van der Waals surface area contributed by atoms with Gasteiger partial charge >= 0.3 is 5.97 Å². The third-order valence-corrected chi connectivity index (χ3v) is 3.79. The first-order valence-electron chi connectivity index (χ1n) is 6.36. The fourth-order valence-corrected chi connectivity index (χ4v) is 2.48. The fourth-order valence-electron chi connectivity index (χ4n) is 1.80. The van der Waals surface area contributed by atoms with Crippen LogP contribution in [-0.2, 0) is 10.1 Å². The third kappa shape index (κ3) is 3.86. The van der Waals surface area contributed by atoms with Gasteiger partial charge in [-0.3, -0.25) is 4.55 Å². The first kappa shape index (κ1) is 17.4. The van der Waals surface area contributed by atoms with Crippen molar-refractivity contribution in [3.63, 3.8) is 0 Å². The molecule has 0 amide bonds. The van der Waals surface area contributed by atoms with Crippen molar-refractivity contribution in [1.29, 1.82) is 0 Å².